The van der Waals surface area contributed by atoms with Gasteiger partial charge in [0.05, 0.1) is 12.2 Å². The molecule has 0 aliphatic carbocycles. The summed E-state index contributed by atoms with van der Waals surface area (Å²) in [5.41, 5.74) is 6.93. The SMILES string of the molecule is CCCCCCCCOc1ccc(/C=C(\C#N)c2nc(N)nc(N(C)C)n2)cc1. The molecule has 1 aromatic heterocycles. The highest BCUT2D eigenvalue weighted by Crippen LogP contribution is 2.19. The number of unbranched alkanes of at least 4 members (excludes halogenated alkanes) is 5. The molecule has 2 rings (SSSR count). The van der Waals surface area contributed by atoms with Crippen molar-refractivity contribution in [2.75, 3.05) is 31.3 Å². The van der Waals surface area contributed by atoms with Crippen molar-refractivity contribution < 1.29 is 4.74 Å². The molecule has 1 heterocycles. The van der Waals surface area contributed by atoms with Gasteiger partial charge >= 0.3 is 0 Å². The predicted molar refractivity (Wildman–Crippen MR) is 117 cm³/mol. The van der Waals surface area contributed by atoms with E-state index in [-0.39, 0.29) is 11.8 Å². The highest BCUT2D eigenvalue weighted by atomic mass is 16.5. The summed E-state index contributed by atoms with van der Waals surface area (Å²) in [5, 5.41) is 9.54. The van der Waals surface area contributed by atoms with Crippen molar-refractivity contribution in [1.29, 1.82) is 5.26 Å². The molecule has 7 nitrogen and oxygen atoms in total. The maximum absolute atomic E-state index is 9.54. The normalized spacial score (nSPS) is 11.2. The molecule has 154 valence electrons. The predicted octanol–water partition coefficient (Wildman–Crippen LogP) is 4.32. The molecular formula is C22H30N6O. The minimum atomic E-state index is 0.0818. The van der Waals surface area contributed by atoms with Crippen molar-refractivity contribution in [3.05, 3.63) is 35.7 Å². The van der Waals surface area contributed by atoms with E-state index in [0.29, 0.717) is 11.5 Å². The molecule has 0 aliphatic heterocycles. The van der Waals surface area contributed by atoms with E-state index in [1.807, 2.05) is 24.3 Å². The topological polar surface area (TPSA) is 101 Å². The van der Waals surface area contributed by atoms with Crippen molar-refractivity contribution in [3.63, 3.8) is 0 Å². The third-order valence-electron chi connectivity index (χ3n) is 4.36. The molecule has 1 aromatic carbocycles. The first-order valence-corrected chi connectivity index (χ1v) is 10.1. The van der Waals surface area contributed by atoms with Gasteiger partial charge in [-0.15, -0.1) is 0 Å². The fraction of sp³-hybridized carbons (Fsp3) is 0.455. The molecule has 0 saturated heterocycles. The molecule has 2 N–H and O–H groups in total. The largest absolute Gasteiger partial charge is 0.494 e. The van der Waals surface area contributed by atoms with Crippen LogP contribution in [0.5, 0.6) is 5.75 Å². The van der Waals surface area contributed by atoms with E-state index in [9.17, 15) is 5.26 Å². The number of anilines is 2. The molecule has 29 heavy (non-hydrogen) atoms. The lowest BCUT2D eigenvalue weighted by molar-refractivity contribution is 0.304. The first-order chi connectivity index (χ1) is 14.0. The van der Waals surface area contributed by atoms with Crippen LogP contribution in [0.1, 0.15) is 56.8 Å². The number of allylic oxidation sites excluding steroid dienone is 1. The highest BCUT2D eigenvalue weighted by molar-refractivity contribution is 5.87. The van der Waals surface area contributed by atoms with E-state index in [1.54, 1.807) is 25.1 Å². The summed E-state index contributed by atoms with van der Waals surface area (Å²) in [6.07, 6.45) is 9.16. The van der Waals surface area contributed by atoms with Crippen LogP contribution in [0.15, 0.2) is 24.3 Å². The Bertz CT molecular complexity index is 839. The van der Waals surface area contributed by atoms with Gasteiger partial charge in [0.15, 0.2) is 5.82 Å². The summed E-state index contributed by atoms with van der Waals surface area (Å²) < 4.78 is 5.80. The molecule has 0 fully saturated rings. The van der Waals surface area contributed by atoms with E-state index < -0.39 is 0 Å². The molecule has 7 heteroatoms. The van der Waals surface area contributed by atoms with E-state index in [0.717, 1.165) is 24.3 Å². The minimum absolute atomic E-state index is 0.0818. The molecule has 0 saturated carbocycles. The number of hydrogen-bond donors (Lipinski definition) is 1. The van der Waals surface area contributed by atoms with Crippen molar-refractivity contribution >= 4 is 23.5 Å². The Morgan fingerprint density at radius 3 is 2.41 bits per heavy atom. The van der Waals surface area contributed by atoms with Gasteiger partial charge in [-0.2, -0.15) is 20.2 Å². The van der Waals surface area contributed by atoms with Crippen LogP contribution in [0.3, 0.4) is 0 Å². The second kappa shape index (κ2) is 11.6. The average Bonchev–Trinajstić information content (AvgIpc) is 2.71. The summed E-state index contributed by atoms with van der Waals surface area (Å²) in [6, 6.07) is 9.77. The van der Waals surface area contributed by atoms with Gasteiger partial charge < -0.3 is 15.4 Å². The Morgan fingerprint density at radius 1 is 1.07 bits per heavy atom. The summed E-state index contributed by atoms with van der Waals surface area (Å²) in [7, 11) is 3.61. The Balaban J connectivity index is 1.98. The van der Waals surface area contributed by atoms with E-state index in [1.165, 1.54) is 32.1 Å². The quantitative estimate of drug-likeness (QED) is 0.447. The van der Waals surface area contributed by atoms with Crippen LogP contribution in [0.2, 0.25) is 0 Å². The molecule has 0 bridgehead atoms. The lowest BCUT2D eigenvalue weighted by atomic mass is 10.1. The number of nitrogen functional groups attached to an aromatic ring is 1. The number of nitrogens with two attached hydrogens (primary N) is 1. The molecule has 0 amide bonds. The van der Waals surface area contributed by atoms with Gasteiger partial charge in [0.2, 0.25) is 11.9 Å². The van der Waals surface area contributed by atoms with E-state index in [2.05, 4.69) is 27.9 Å². The lowest BCUT2D eigenvalue weighted by Crippen LogP contribution is -2.15. The molecule has 0 radical (unpaired) electrons. The number of ether oxygens (including phenoxy) is 1. The number of benzene rings is 1. The van der Waals surface area contributed by atoms with E-state index >= 15 is 0 Å². The summed E-state index contributed by atoms with van der Waals surface area (Å²) in [4.78, 5) is 14.2. The molecule has 0 aliphatic rings. The monoisotopic (exact) mass is 394 g/mol. The van der Waals surface area contributed by atoms with Gasteiger partial charge in [0.25, 0.3) is 0 Å². The third kappa shape index (κ3) is 7.41. The van der Waals surface area contributed by atoms with Crippen molar-refractivity contribution in [3.8, 4) is 11.8 Å². The van der Waals surface area contributed by atoms with Crippen LogP contribution in [-0.4, -0.2) is 35.7 Å². The molecule has 0 spiro atoms. The number of aromatic nitrogens is 3. The lowest BCUT2D eigenvalue weighted by Gasteiger charge is -2.11. The average molecular weight is 395 g/mol. The molecule has 0 unspecified atom stereocenters. The van der Waals surface area contributed by atoms with Gasteiger partial charge in [-0.05, 0) is 30.2 Å². The van der Waals surface area contributed by atoms with Crippen molar-refractivity contribution in [2.45, 2.75) is 45.4 Å². The first-order valence-electron chi connectivity index (χ1n) is 10.1. The number of rotatable bonds is 11. The standard InChI is InChI=1S/C22H30N6O/c1-4-5-6-7-8-9-14-29-19-12-10-17(11-13-19)15-18(16-23)20-25-21(24)27-22(26-20)28(2)3/h10-13,15H,4-9,14H2,1-3H3,(H2,24,25,26,27)/b18-15+. The van der Waals surface area contributed by atoms with Gasteiger partial charge in [0.1, 0.15) is 11.8 Å². The number of nitrogens with zero attached hydrogens (tertiary/aromatic N) is 5. The number of nitriles is 1. The zero-order chi connectivity index (χ0) is 21.1. The zero-order valence-electron chi connectivity index (χ0n) is 17.6. The minimum Gasteiger partial charge on any atom is -0.494 e. The second-order valence-electron chi connectivity index (χ2n) is 7.07. The zero-order valence-corrected chi connectivity index (χ0v) is 17.6. The Hall–Kier alpha value is -3.14. The van der Waals surface area contributed by atoms with Crippen LogP contribution >= 0.6 is 0 Å². The molecule has 2 aromatic rings. The van der Waals surface area contributed by atoms with Crippen molar-refractivity contribution in [2.24, 2.45) is 0 Å². The van der Waals surface area contributed by atoms with Gasteiger partial charge in [-0.1, -0.05) is 51.2 Å². The smallest absolute Gasteiger partial charge is 0.230 e. The van der Waals surface area contributed by atoms with Crippen LogP contribution < -0.4 is 15.4 Å². The van der Waals surface area contributed by atoms with Crippen LogP contribution in [0, 0.1) is 11.3 Å². The Labute approximate surface area is 173 Å². The Kier molecular flexibility index (Phi) is 8.90. The van der Waals surface area contributed by atoms with Crippen LogP contribution in [0.25, 0.3) is 11.6 Å². The first kappa shape index (κ1) is 22.2. The van der Waals surface area contributed by atoms with Gasteiger partial charge in [-0.25, -0.2) is 0 Å². The van der Waals surface area contributed by atoms with Crippen LogP contribution in [-0.2, 0) is 0 Å². The third-order valence-corrected chi connectivity index (χ3v) is 4.36. The second-order valence-corrected chi connectivity index (χ2v) is 7.07. The van der Waals surface area contributed by atoms with Crippen LogP contribution in [0.4, 0.5) is 11.9 Å². The van der Waals surface area contributed by atoms with Gasteiger partial charge in [0, 0.05) is 14.1 Å². The fourth-order valence-electron chi connectivity index (χ4n) is 2.75. The summed E-state index contributed by atoms with van der Waals surface area (Å²) in [5.74, 6) is 1.57. The number of hydrogen-bond acceptors (Lipinski definition) is 7. The summed E-state index contributed by atoms with van der Waals surface area (Å²) >= 11 is 0. The van der Waals surface area contributed by atoms with E-state index in [4.69, 9.17) is 10.5 Å². The highest BCUT2D eigenvalue weighted by Gasteiger charge is 2.10. The Morgan fingerprint density at radius 2 is 1.76 bits per heavy atom. The molecular weight excluding hydrogens is 364 g/mol. The van der Waals surface area contributed by atoms with Gasteiger partial charge in [-0.3, -0.25) is 0 Å². The fourth-order valence-corrected chi connectivity index (χ4v) is 2.75. The maximum Gasteiger partial charge on any atom is 0.230 e. The van der Waals surface area contributed by atoms with Crippen molar-refractivity contribution in [1.82, 2.24) is 15.0 Å². The molecule has 0 atom stereocenters. The maximum atomic E-state index is 9.54. The summed E-state index contributed by atoms with van der Waals surface area (Å²) in [6.45, 7) is 2.95.